The molecule has 0 aliphatic carbocycles. The quantitative estimate of drug-likeness (QED) is 0.466. The number of ether oxygens (including phenoxy) is 1. The van der Waals surface area contributed by atoms with Gasteiger partial charge in [-0.2, -0.15) is 23.4 Å². The molecule has 4 aromatic rings. The van der Waals surface area contributed by atoms with Crippen LogP contribution in [-0.4, -0.2) is 53.5 Å². The Morgan fingerprint density at radius 1 is 1.09 bits per heavy atom. The molecule has 0 aromatic carbocycles. The molecule has 172 valence electrons. The number of hydrogen-bond donors (Lipinski definition) is 0. The van der Waals surface area contributed by atoms with Gasteiger partial charge in [0.2, 0.25) is 0 Å². The summed E-state index contributed by atoms with van der Waals surface area (Å²) in [7, 11) is 1.87. The van der Waals surface area contributed by atoms with E-state index in [2.05, 4.69) is 30.0 Å². The summed E-state index contributed by atoms with van der Waals surface area (Å²) in [6.45, 7) is 5.09. The minimum Gasteiger partial charge on any atom is -0.367 e. The highest BCUT2D eigenvalue weighted by Gasteiger charge is 2.33. The van der Waals surface area contributed by atoms with Crippen molar-refractivity contribution in [3.8, 4) is 11.4 Å². The van der Waals surface area contributed by atoms with Gasteiger partial charge >= 0.3 is 6.18 Å². The Morgan fingerprint density at radius 3 is 2.64 bits per heavy atom. The van der Waals surface area contributed by atoms with Gasteiger partial charge in [-0.3, -0.25) is 4.68 Å². The maximum Gasteiger partial charge on any atom is 0.435 e. The minimum atomic E-state index is -4.56. The molecule has 12 heteroatoms. The Hall–Kier alpha value is -3.54. The fourth-order valence-electron chi connectivity index (χ4n) is 4.10. The average Bonchev–Trinajstić information content (AvgIpc) is 3.34. The molecule has 4 aromatic heterocycles. The summed E-state index contributed by atoms with van der Waals surface area (Å²) in [6, 6.07) is 3.93. The molecule has 0 unspecified atom stereocenters. The van der Waals surface area contributed by atoms with E-state index < -0.39 is 11.9 Å². The molecule has 5 heterocycles. The molecule has 1 aliphatic rings. The zero-order valence-corrected chi connectivity index (χ0v) is 18.2. The summed E-state index contributed by atoms with van der Waals surface area (Å²) in [5.41, 5.74) is 1.98. The van der Waals surface area contributed by atoms with E-state index in [1.165, 1.54) is 18.6 Å². The normalized spacial score (nSPS) is 19.4. The van der Waals surface area contributed by atoms with Gasteiger partial charge in [0, 0.05) is 31.4 Å². The van der Waals surface area contributed by atoms with Crippen LogP contribution in [0.25, 0.3) is 17.0 Å². The smallest absolute Gasteiger partial charge is 0.367 e. The third-order valence-corrected chi connectivity index (χ3v) is 5.55. The lowest BCUT2D eigenvalue weighted by atomic mass is 10.1. The lowest BCUT2D eigenvalue weighted by Crippen LogP contribution is -2.43. The molecule has 0 saturated carbocycles. The lowest BCUT2D eigenvalue weighted by Gasteiger charge is -2.37. The van der Waals surface area contributed by atoms with Crippen LogP contribution in [0.3, 0.4) is 0 Å². The van der Waals surface area contributed by atoms with Crippen molar-refractivity contribution in [2.75, 3.05) is 18.0 Å². The number of hydrogen-bond acceptors (Lipinski definition) is 7. The second kappa shape index (κ2) is 7.80. The number of fused-ring (bicyclic) bond motifs is 1. The molecular formula is C21H21F3N8O. The van der Waals surface area contributed by atoms with E-state index in [1.54, 1.807) is 10.7 Å². The van der Waals surface area contributed by atoms with E-state index in [-0.39, 0.29) is 12.2 Å². The van der Waals surface area contributed by atoms with Crippen molar-refractivity contribution >= 4 is 11.5 Å². The molecule has 0 radical (unpaired) electrons. The summed E-state index contributed by atoms with van der Waals surface area (Å²) in [5.74, 6) is 0.642. The number of imidazole rings is 1. The summed E-state index contributed by atoms with van der Waals surface area (Å²) in [5, 5.41) is 8.13. The van der Waals surface area contributed by atoms with Crippen molar-refractivity contribution < 1.29 is 17.9 Å². The van der Waals surface area contributed by atoms with Crippen LogP contribution >= 0.6 is 0 Å². The highest BCUT2D eigenvalue weighted by Crippen LogP contribution is 2.31. The summed E-state index contributed by atoms with van der Waals surface area (Å²) in [4.78, 5) is 14.9. The molecule has 5 rings (SSSR count). The van der Waals surface area contributed by atoms with Gasteiger partial charge in [0.15, 0.2) is 11.3 Å². The first-order valence-corrected chi connectivity index (χ1v) is 10.3. The first kappa shape index (κ1) is 21.3. The van der Waals surface area contributed by atoms with Gasteiger partial charge in [-0.1, -0.05) is 0 Å². The van der Waals surface area contributed by atoms with Crippen LogP contribution in [0.2, 0.25) is 0 Å². The first-order chi connectivity index (χ1) is 15.7. The molecule has 0 amide bonds. The highest BCUT2D eigenvalue weighted by molar-refractivity contribution is 5.62. The maximum absolute atomic E-state index is 13.2. The molecular weight excluding hydrogens is 437 g/mol. The van der Waals surface area contributed by atoms with Crippen LogP contribution in [0.1, 0.15) is 30.0 Å². The predicted molar refractivity (Wildman–Crippen MR) is 112 cm³/mol. The zero-order chi connectivity index (χ0) is 23.3. The van der Waals surface area contributed by atoms with Crippen LogP contribution < -0.4 is 4.90 Å². The molecule has 0 N–H and O–H groups in total. The standard InChI is InChI=1S/C21H21F3N8O/c1-12-8-31(10-17(33-12)14-9-30(3)28-13(14)2)20-6-15(26-11-27-20)16-7-25-19-5-4-18(21(22,23)24)29-32(16)19/h4-7,9,11-12,17H,8,10H2,1-3H3/t12-,17-/m0/s1. The van der Waals surface area contributed by atoms with E-state index in [1.807, 2.05) is 27.1 Å². The van der Waals surface area contributed by atoms with Crippen molar-refractivity contribution in [1.29, 1.82) is 0 Å². The van der Waals surface area contributed by atoms with Crippen LogP contribution in [-0.2, 0) is 18.0 Å². The van der Waals surface area contributed by atoms with Crippen molar-refractivity contribution in [2.45, 2.75) is 32.2 Å². The third-order valence-electron chi connectivity index (χ3n) is 5.55. The summed E-state index contributed by atoms with van der Waals surface area (Å²) in [6.07, 6.45) is -0.0124. The largest absolute Gasteiger partial charge is 0.435 e. The number of rotatable bonds is 3. The van der Waals surface area contributed by atoms with E-state index in [9.17, 15) is 13.2 Å². The van der Waals surface area contributed by atoms with Gasteiger partial charge in [0.05, 0.1) is 30.2 Å². The summed E-state index contributed by atoms with van der Waals surface area (Å²) >= 11 is 0. The fourth-order valence-corrected chi connectivity index (χ4v) is 4.10. The number of alkyl halides is 3. The van der Waals surface area contributed by atoms with Crippen LogP contribution in [0.4, 0.5) is 19.0 Å². The molecule has 1 fully saturated rings. The summed E-state index contributed by atoms with van der Waals surface area (Å²) < 4.78 is 48.5. The van der Waals surface area contributed by atoms with E-state index >= 15 is 0 Å². The van der Waals surface area contributed by atoms with Gasteiger partial charge in [-0.25, -0.2) is 19.5 Å². The lowest BCUT2D eigenvalue weighted by molar-refractivity contribution is -0.141. The van der Waals surface area contributed by atoms with Crippen LogP contribution in [0.5, 0.6) is 0 Å². The van der Waals surface area contributed by atoms with Gasteiger partial charge in [0.1, 0.15) is 23.9 Å². The highest BCUT2D eigenvalue weighted by atomic mass is 19.4. The average molecular weight is 458 g/mol. The molecule has 2 atom stereocenters. The Kier molecular flexibility index (Phi) is 5.04. The SMILES string of the molecule is Cc1nn(C)cc1[C@@H]1CN(c2cc(-c3cnc4ccc(C(F)(F)F)nn34)ncn2)C[C@H](C)O1. The molecule has 1 saturated heterocycles. The molecule has 0 bridgehead atoms. The van der Waals surface area contributed by atoms with Gasteiger partial charge in [0.25, 0.3) is 0 Å². The number of aryl methyl sites for hydroxylation is 2. The first-order valence-electron chi connectivity index (χ1n) is 10.3. The monoisotopic (exact) mass is 458 g/mol. The number of aromatic nitrogens is 7. The Labute approximate surface area is 186 Å². The predicted octanol–water partition coefficient (Wildman–Crippen LogP) is 3.21. The minimum absolute atomic E-state index is 0.0615. The second-order valence-electron chi connectivity index (χ2n) is 8.08. The number of halogens is 3. The van der Waals surface area contributed by atoms with Crippen molar-refractivity contribution in [1.82, 2.24) is 34.3 Å². The number of morpholine rings is 1. The number of anilines is 1. The topological polar surface area (TPSA) is 86.3 Å². The van der Waals surface area contributed by atoms with Crippen molar-refractivity contribution in [3.63, 3.8) is 0 Å². The Balaban J connectivity index is 1.49. The van der Waals surface area contributed by atoms with E-state index in [0.29, 0.717) is 35.9 Å². The van der Waals surface area contributed by atoms with E-state index in [4.69, 9.17) is 4.74 Å². The fraction of sp³-hybridized carbons (Fsp3) is 0.381. The van der Waals surface area contributed by atoms with Crippen molar-refractivity contribution in [2.24, 2.45) is 7.05 Å². The van der Waals surface area contributed by atoms with Crippen LogP contribution in [0.15, 0.2) is 36.9 Å². The number of nitrogens with zero attached hydrogens (tertiary/aromatic N) is 8. The Morgan fingerprint density at radius 2 is 1.91 bits per heavy atom. The van der Waals surface area contributed by atoms with Crippen LogP contribution in [0, 0.1) is 6.92 Å². The van der Waals surface area contributed by atoms with Gasteiger partial charge in [-0.15, -0.1) is 0 Å². The van der Waals surface area contributed by atoms with Gasteiger partial charge < -0.3 is 9.64 Å². The zero-order valence-electron chi connectivity index (χ0n) is 18.2. The second-order valence-corrected chi connectivity index (χ2v) is 8.08. The molecule has 1 aliphatic heterocycles. The molecule has 9 nitrogen and oxygen atoms in total. The van der Waals surface area contributed by atoms with Gasteiger partial charge in [-0.05, 0) is 26.0 Å². The molecule has 0 spiro atoms. The maximum atomic E-state index is 13.2. The van der Waals surface area contributed by atoms with Crippen molar-refractivity contribution in [3.05, 3.63) is 53.9 Å². The molecule has 33 heavy (non-hydrogen) atoms. The third kappa shape index (κ3) is 4.01. The Bertz CT molecular complexity index is 1310. The van der Waals surface area contributed by atoms with E-state index in [0.717, 1.165) is 21.8 Å².